The standard InChI is InChI=1S/2C28H47NO3.C25H41NO3.C3H6O.CH4/c2*1-19(2)29-16-22(17-29)30-15-13-23-20(3)10-11-24-27(23,4)14-12-25-28(24,5)18-31-26(32-25)21-8-6-7-9-21;1-17-8-9-21-24(2,20(17)11-13-27-19-14-26-15-19)12-10-22-25(21,3)16-28-23(29-22)18-6-4-5-7-18;1-3(2)4;/h2*19,21-26H,3,6-18H2,1-2,4-5H3;18-23,26H,1,4-16H2,2-3H3;1-2H3;1H4/t2*23-,24?,25-,26-,27+,28+;20-,21?,22-,23-,24+,25+;;/m111../s1. The SMILES string of the molecule is C.C=C1CCC2[C@]3(C)CO[C@@H](C4CCCC4)O[C@@H]3CC[C@@]2(C)[C@@H]1CCOC1CN(C(C)C)C1.C=C1CCC2[C@]3(C)CO[C@@H](C4CCCC4)O[C@@H]3CC[C@@]2(C)[C@@H]1CCOC1CN(C(C)C)C1.C=C1CCC2[C@]3(C)CO[C@@H](C4CCCC4)O[C@@H]3CC[C@@]2(C)[C@@H]1CCOC1CNC1.CC(C)=O. The molecule has 15 fully saturated rings. The largest absolute Gasteiger partial charge is 0.376 e. The average Bonchev–Trinajstić information content (AvgIpc) is 1.73. The molecule has 15 aliphatic rings. The fourth-order valence-corrected chi connectivity index (χ4v) is 24.0. The van der Waals surface area contributed by atoms with Crippen LogP contribution in [-0.4, -0.2) is 162 Å². The Kier molecular flexibility index (Phi) is 25.8. The Labute approximate surface area is 598 Å². The molecule has 9 saturated carbocycles. The van der Waals surface area contributed by atoms with E-state index in [1.807, 2.05) is 0 Å². The number of rotatable bonds is 17. The number of ether oxygens (including phenoxy) is 9. The van der Waals surface area contributed by atoms with E-state index in [2.05, 4.69) is 104 Å². The number of Topliss-reactive ketones (excluding diaryl/α,β-unsaturated/α-hetero) is 1. The smallest absolute Gasteiger partial charge is 0.160 e. The van der Waals surface area contributed by atoms with Gasteiger partial charge in [-0.1, -0.05) is 124 Å². The fraction of sp³-hybridized carbons (Fsp3) is 0.918. The highest BCUT2D eigenvalue weighted by Gasteiger charge is 2.64. The molecule has 6 saturated heterocycles. The van der Waals surface area contributed by atoms with E-state index < -0.39 is 0 Å². The second-order valence-electron chi connectivity index (χ2n) is 37.1. The molecule has 13 heteroatoms. The van der Waals surface area contributed by atoms with Crippen molar-refractivity contribution in [2.75, 3.05) is 78.9 Å². The van der Waals surface area contributed by atoms with Crippen molar-refractivity contribution in [2.45, 2.75) is 331 Å². The number of carbonyl (C=O) groups excluding carboxylic acids is 1. The fourth-order valence-electron chi connectivity index (χ4n) is 24.0. The number of hydrogen-bond donors (Lipinski definition) is 1. The van der Waals surface area contributed by atoms with E-state index in [4.69, 9.17) is 42.6 Å². The molecular weight excluding hydrogens is 1220 g/mol. The van der Waals surface area contributed by atoms with Crippen LogP contribution in [0.3, 0.4) is 0 Å². The number of nitrogens with zero attached hydrogens (tertiary/aromatic N) is 2. The number of nitrogens with one attached hydrogen (secondary N) is 1. The second-order valence-corrected chi connectivity index (χ2v) is 37.1. The molecule has 3 unspecified atom stereocenters. The second kappa shape index (κ2) is 32.6. The zero-order valence-corrected chi connectivity index (χ0v) is 63.7. The maximum Gasteiger partial charge on any atom is 0.160 e. The monoisotopic (exact) mass is 1370 g/mol. The van der Waals surface area contributed by atoms with Gasteiger partial charge in [-0.2, -0.15) is 0 Å². The van der Waals surface area contributed by atoms with Crippen molar-refractivity contribution < 1.29 is 47.4 Å². The first-order valence-electron chi connectivity index (χ1n) is 40.7. The number of carbonyl (C=O) groups is 1. The van der Waals surface area contributed by atoms with E-state index in [1.165, 1.54) is 165 Å². The van der Waals surface area contributed by atoms with Crippen LogP contribution in [0.1, 0.15) is 264 Å². The van der Waals surface area contributed by atoms with Gasteiger partial charge in [0.2, 0.25) is 0 Å². The molecule has 0 aromatic heterocycles. The van der Waals surface area contributed by atoms with Gasteiger partial charge in [-0.3, -0.25) is 9.80 Å². The van der Waals surface area contributed by atoms with Gasteiger partial charge >= 0.3 is 0 Å². The van der Waals surface area contributed by atoms with Crippen LogP contribution in [0.2, 0.25) is 0 Å². The number of likely N-dealkylation sites (tertiary alicyclic amines) is 2. The molecule has 98 heavy (non-hydrogen) atoms. The van der Waals surface area contributed by atoms with Crippen molar-refractivity contribution in [3.63, 3.8) is 0 Å². The van der Waals surface area contributed by atoms with Gasteiger partial charge in [0.1, 0.15) is 5.78 Å². The summed E-state index contributed by atoms with van der Waals surface area (Å²) in [5.74, 6) is 5.69. The average molecular weight is 1370 g/mol. The molecule has 13 nitrogen and oxygen atoms in total. The van der Waals surface area contributed by atoms with E-state index in [9.17, 15) is 4.79 Å². The maximum atomic E-state index is 9.44. The third kappa shape index (κ3) is 16.1. The maximum absolute atomic E-state index is 9.44. The quantitative estimate of drug-likeness (QED) is 0.139. The van der Waals surface area contributed by atoms with Crippen LogP contribution < -0.4 is 5.32 Å². The first-order valence-corrected chi connectivity index (χ1v) is 40.7. The zero-order chi connectivity index (χ0) is 68.7. The van der Waals surface area contributed by atoms with Gasteiger partial charge < -0.3 is 52.7 Å². The number of hydrogen-bond acceptors (Lipinski definition) is 13. The summed E-state index contributed by atoms with van der Waals surface area (Å²) < 4.78 is 58.3. The van der Waals surface area contributed by atoms with Gasteiger partial charge in [-0.15, -0.1) is 0 Å². The molecule has 6 aliphatic heterocycles. The molecule has 0 radical (unpaired) electrons. The molecular formula is C85H145N3O10. The Balaban J connectivity index is 0.000000144. The highest BCUT2D eigenvalue weighted by atomic mass is 16.7. The highest BCUT2D eigenvalue weighted by molar-refractivity contribution is 5.72. The van der Waals surface area contributed by atoms with E-state index >= 15 is 0 Å². The van der Waals surface area contributed by atoms with Crippen molar-refractivity contribution in [2.24, 2.45) is 85.8 Å². The third-order valence-corrected chi connectivity index (χ3v) is 30.1. The summed E-state index contributed by atoms with van der Waals surface area (Å²) in [5, 5.41) is 3.30. The van der Waals surface area contributed by atoms with Crippen molar-refractivity contribution in [3.05, 3.63) is 36.5 Å². The molecule has 18 atom stereocenters. The van der Waals surface area contributed by atoms with Crippen molar-refractivity contribution in [1.29, 1.82) is 0 Å². The van der Waals surface area contributed by atoms with Gasteiger partial charge in [-0.05, 0) is 228 Å². The molecule has 15 rings (SSSR count). The van der Waals surface area contributed by atoms with Crippen LogP contribution in [0, 0.1) is 85.8 Å². The van der Waals surface area contributed by atoms with Crippen LogP contribution in [-0.2, 0) is 47.4 Å². The number of ketones is 1. The van der Waals surface area contributed by atoms with Crippen LogP contribution in [0.5, 0.6) is 0 Å². The molecule has 0 spiro atoms. The van der Waals surface area contributed by atoms with E-state index in [0.717, 1.165) is 117 Å². The molecule has 1 N–H and O–H groups in total. The summed E-state index contributed by atoms with van der Waals surface area (Å²) in [5.41, 5.74) is 5.68. The predicted octanol–water partition coefficient (Wildman–Crippen LogP) is 17.5. The van der Waals surface area contributed by atoms with Gasteiger partial charge in [0.25, 0.3) is 0 Å². The van der Waals surface area contributed by atoms with Gasteiger partial charge in [0.05, 0.1) is 56.4 Å². The number of allylic oxidation sites excluding steroid dienone is 3. The minimum Gasteiger partial charge on any atom is -0.376 e. The molecule has 0 aromatic carbocycles. The van der Waals surface area contributed by atoms with Crippen LogP contribution in [0.15, 0.2) is 36.5 Å². The van der Waals surface area contributed by atoms with Crippen LogP contribution in [0.4, 0.5) is 0 Å². The Bertz CT molecular complexity index is 2500. The summed E-state index contributed by atoms with van der Waals surface area (Å²) in [6.45, 7) is 52.5. The summed E-state index contributed by atoms with van der Waals surface area (Å²) in [6, 6.07) is 1.27. The van der Waals surface area contributed by atoms with Crippen molar-refractivity contribution in [1.82, 2.24) is 15.1 Å². The minimum atomic E-state index is 0. The van der Waals surface area contributed by atoms with Gasteiger partial charge in [-0.25, -0.2) is 0 Å². The van der Waals surface area contributed by atoms with Gasteiger partial charge in [0.15, 0.2) is 18.9 Å². The first kappa shape index (κ1) is 77.5. The highest BCUT2D eigenvalue weighted by Crippen LogP contribution is 2.67. The lowest BCUT2D eigenvalue weighted by Crippen LogP contribution is -2.62. The van der Waals surface area contributed by atoms with Crippen molar-refractivity contribution in [3.8, 4) is 0 Å². The Morgan fingerprint density at radius 2 is 0.724 bits per heavy atom. The first-order chi connectivity index (χ1) is 46.4. The summed E-state index contributed by atoms with van der Waals surface area (Å²) in [4.78, 5) is 14.4. The molecule has 0 amide bonds. The predicted molar refractivity (Wildman–Crippen MR) is 395 cm³/mol. The lowest BCUT2D eigenvalue weighted by Gasteiger charge is -2.63. The zero-order valence-electron chi connectivity index (χ0n) is 63.7. The summed E-state index contributed by atoms with van der Waals surface area (Å²) >= 11 is 0. The lowest BCUT2D eigenvalue weighted by molar-refractivity contribution is -0.316. The topological polar surface area (TPSA) is 119 Å². The van der Waals surface area contributed by atoms with Gasteiger partial charge in [0, 0.05) is 105 Å². The molecule has 0 bridgehead atoms. The summed E-state index contributed by atoms with van der Waals surface area (Å²) in [6.07, 6.45) is 36.2. The van der Waals surface area contributed by atoms with Crippen LogP contribution in [0.25, 0.3) is 0 Å². The summed E-state index contributed by atoms with van der Waals surface area (Å²) in [7, 11) is 0. The minimum absolute atomic E-state index is 0. The van der Waals surface area contributed by atoms with Crippen LogP contribution >= 0.6 is 0 Å². The Morgan fingerprint density at radius 3 is 0.980 bits per heavy atom. The van der Waals surface area contributed by atoms with E-state index in [0.29, 0.717) is 118 Å². The molecule has 9 aliphatic carbocycles. The number of fused-ring (bicyclic) bond motifs is 9. The van der Waals surface area contributed by atoms with E-state index in [1.54, 1.807) is 0 Å². The molecule has 6 heterocycles. The normalized spacial score (nSPS) is 42.6. The lowest BCUT2D eigenvalue weighted by atomic mass is 9.46. The molecule has 560 valence electrons. The Morgan fingerprint density at radius 1 is 0.449 bits per heavy atom. The molecule has 0 aromatic rings. The van der Waals surface area contributed by atoms with Crippen molar-refractivity contribution >= 4 is 5.78 Å². The van der Waals surface area contributed by atoms with E-state index in [-0.39, 0.29) is 48.3 Å². The third-order valence-electron chi connectivity index (χ3n) is 30.1. The Hall–Kier alpha value is -1.59.